The summed E-state index contributed by atoms with van der Waals surface area (Å²) in [5.74, 6) is -0.267. The van der Waals surface area contributed by atoms with Gasteiger partial charge in [-0.2, -0.15) is 5.10 Å². The predicted octanol–water partition coefficient (Wildman–Crippen LogP) is 4.32. The summed E-state index contributed by atoms with van der Waals surface area (Å²) in [5, 5.41) is 18.8. The van der Waals surface area contributed by atoms with E-state index in [-0.39, 0.29) is 30.0 Å². The number of nitrogens with one attached hydrogen (secondary N) is 5. The fourth-order valence-electron chi connectivity index (χ4n) is 4.16. The molecule has 194 valence electrons. The molecule has 3 aromatic rings. The summed E-state index contributed by atoms with van der Waals surface area (Å²) in [6, 6.07) is 8.58. The van der Waals surface area contributed by atoms with Crippen LogP contribution in [-0.4, -0.2) is 33.0 Å². The van der Waals surface area contributed by atoms with E-state index < -0.39 is 15.4 Å². The Morgan fingerprint density at radius 3 is 2.59 bits per heavy atom. The van der Waals surface area contributed by atoms with Crippen molar-refractivity contribution in [1.29, 1.82) is 0 Å². The van der Waals surface area contributed by atoms with Crippen LogP contribution in [0.5, 0.6) is 0 Å². The van der Waals surface area contributed by atoms with Crippen LogP contribution < -0.4 is 21.3 Å². The molecule has 2 atom stereocenters. The number of carbonyl (C=O) groups is 2. The molecular formula is C25H26F2IN7O2. The van der Waals surface area contributed by atoms with E-state index in [9.17, 15) is 14.0 Å². The number of aromatic amines is 1. The first-order valence-corrected chi connectivity index (χ1v) is 13.1. The zero-order valence-electron chi connectivity index (χ0n) is 20.0. The molecule has 3 heterocycles. The van der Waals surface area contributed by atoms with Gasteiger partial charge in [-0.3, -0.25) is 14.7 Å². The molecule has 1 unspecified atom stereocenters. The van der Waals surface area contributed by atoms with E-state index in [1.54, 1.807) is 12.1 Å². The Bertz CT molecular complexity index is 1330. The third-order valence-corrected chi connectivity index (χ3v) is 7.31. The molecule has 1 saturated carbocycles. The number of aromatic nitrogens is 3. The molecule has 0 radical (unpaired) electrons. The maximum atomic E-state index is 15.2. The van der Waals surface area contributed by atoms with Gasteiger partial charge in [-0.05, 0) is 72.5 Å². The lowest BCUT2D eigenvalue weighted by Gasteiger charge is -2.27. The van der Waals surface area contributed by atoms with E-state index in [2.05, 4.69) is 59.0 Å². The molecule has 5 N–H and O–H groups in total. The second-order valence-corrected chi connectivity index (χ2v) is 11.6. The Balaban J connectivity index is 1.40. The number of anilines is 3. The van der Waals surface area contributed by atoms with Gasteiger partial charge < -0.3 is 21.3 Å². The van der Waals surface area contributed by atoms with Crippen LogP contribution in [0.3, 0.4) is 0 Å². The summed E-state index contributed by atoms with van der Waals surface area (Å²) in [6.07, 6.45) is 2.91. The van der Waals surface area contributed by atoms with Gasteiger partial charge in [-0.1, -0.05) is 12.1 Å². The van der Waals surface area contributed by atoms with Crippen LogP contribution in [0, 0.1) is 11.6 Å². The van der Waals surface area contributed by atoms with Gasteiger partial charge in [-0.15, -0.1) is 0 Å². The van der Waals surface area contributed by atoms with Gasteiger partial charge in [0.2, 0.25) is 11.8 Å². The first-order chi connectivity index (χ1) is 17.7. The molecule has 1 aliphatic carbocycles. The van der Waals surface area contributed by atoms with Crippen LogP contribution in [0.2, 0.25) is 0 Å². The molecule has 2 amide bonds. The number of amides is 2. The summed E-state index contributed by atoms with van der Waals surface area (Å²) >= 11 is 2.17. The lowest BCUT2D eigenvalue weighted by Crippen LogP contribution is -2.41. The molecule has 37 heavy (non-hydrogen) atoms. The van der Waals surface area contributed by atoms with Crippen molar-refractivity contribution in [1.82, 2.24) is 25.8 Å². The normalized spacial score (nSPS) is 18.7. The quantitative estimate of drug-likeness (QED) is 0.138. The van der Waals surface area contributed by atoms with E-state index in [0.29, 0.717) is 36.0 Å². The average molecular weight is 621 g/mol. The Labute approximate surface area is 225 Å². The molecule has 2 fully saturated rings. The van der Waals surface area contributed by atoms with Gasteiger partial charge in [0.05, 0.1) is 0 Å². The third-order valence-electron chi connectivity index (χ3n) is 6.42. The molecule has 2 aromatic heterocycles. The first kappa shape index (κ1) is 25.4. The number of rotatable bonds is 9. The monoisotopic (exact) mass is 621 g/mol. The number of halogens is 3. The summed E-state index contributed by atoms with van der Waals surface area (Å²) < 4.78 is 27.9. The molecule has 12 heteroatoms. The zero-order valence-corrected chi connectivity index (χ0v) is 22.2. The molecule has 2 aliphatic rings. The summed E-state index contributed by atoms with van der Waals surface area (Å²) in [5.41, 5.74) is 2.18. The molecule has 5 rings (SSSR count). The summed E-state index contributed by atoms with van der Waals surface area (Å²) in [7, 11) is 0. The smallest absolute Gasteiger partial charge is 0.242 e. The van der Waals surface area contributed by atoms with Crippen LogP contribution in [0.15, 0.2) is 36.4 Å². The highest BCUT2D eigenvalue weighted by atomic mass is 127. The standard InChI is InChI=1S/C25H26F2IN7O2/c1-25(28,15-4-6-16(26)7-5-15)33-22-14(12-29-24(37)18-8-9-21(36)30-18)10-17(27)23(32-22)31-20-11-19(34-35-20)13-2-3-13/h4-7,10-11,13,18H,2-3,8-9,12H2,1H3,(H,29,37)(H,30,36)(H3,31,32,33,34,35)/t18?,25-/m1/s1. The molecule has 1 saturated heterocycles. The molecule has 1 aliphatic heterocycles. The van der Waals surface area contributed by atoms with E-state index in [4.69, 9.17) is 0 Å². The SMILES string of the molecule is C[C@@](I)(Nc1nc(Nc2cc(C3CC3)[nH]n2)c(F)cc1CNC(=O)C1CCC(=O)N1)c1ccc(F)cc1. The van der Waals surface area contributed by atoms with Gasteiger partial charge in [0.1, 0.15) is 21.2 Å². The fourth-order valence-corrected chi connectivity index (χ4v) is 4.77. The van der Waals surface area contributed by atoms with Crippen LogP contribution >= 0.6 is 22.6 Å². The Morgan fingerprint density at radius 2 is 1.92 bits per heavy atom. The number of pyridine rings is 1. The van der Waals surface area contributed by atoms with Crippen LogP contribution in [0.1, 0.15) is 55.3 Å². The molecular weight excluding hydrogens is 595 g/mol. The van der Waals surface area contributed by atoms with Crippen molar-refractivity contribution in [3.63, 3.8) is 0 Å². The van der Waals surface area contributed by atoms with Crippen molar-refractivity contribution in [2.75, 3.05) is 10.6 Å². The topological polar surface area (TPSA) is 124 Å². The van der Waals surface area contributed by atoms with E-state index in [1.807, 2.05) is 13.0 Å². The number of H-pyrrole nitrogens is 1. The van der Waals surface area contributed by atoms with Crippen molar-refractivity contribution in [2.24, 2.45) is 0 Å². The second-order valence-electron chi connectivity index (χ2n) is 9.45. The number of carbonyl (C=O) groups excluding carboxylic acids is 2. The van der Waals surface area contributed by atoms with Crippen molar-refractivity contribution in [2.45, 2.75) is 54.7 Å². The first-order valence-electron chi connectivity index (χ1n) is 12.0. The minimum absolute atomic E-state index is 0.0118. The Kier molecular flexibility index (Phi) is 7.01. The van der Waals surface area contributed by atoms with Gasteiger partial charge in [0.15, 0.2) is 17.5 Å². The van der Waals surface area contributed by atoms with Gasteiger partial charge >= 0.3 is 0 Å². The van der Waals surface area contributed by atoms with Gasteiger partial charge in [0.25, 0.3) is 0 Å². The zero-order chi connectivity index (χ0) is 26.2. The maximum absolute atomic E-state index is 15.2. The van der Waals surface area contributed by atoms with Crippen LogP contribution in [-0.2, 0) is 19.7 Å². The minimum Gasteiger partial charge on any atom is -0.352 e. The Morgan fingerprint density at radius 1 is 1.16 bits per heavy atom. The number of hydrogen-bond donors (Lipinski definition) is 5. The van der Waals surface area contributed by atoms with Crippen LogP contribution in [0.25, 0.3) is 0 Å². The number of nitrogens with zero attached hydrogens (tertiary/aromatic N) is 2. The highest BCUT2D eigenvalue weighted by Crippen LogP contribution is 2.40. The molecule has 9 nitrogen and oxygen atoms in total. The second kappa shape index (κ2) is 10.2. The highest BCUT2D eigenvalue weighted by molar-refractivity contribution is 14.1. The summed E-state index contributed by atoms with van der Waals surface area (Å²) in [6.45, 7) is 1.87. The molecule has 0 bridgehead atoms. The Hall–Kier alpha value is -3.29. The predicted molar refractivity (Wildman–Crippen MR) is 142 cm³/mol. The third kappa shape index (κ3) is 6.00. The largest absolute Gasteiger partial charge is 0.352 e. The fraction of sp³-hybridized carbons (Fsp3) is 0.360. The molecule has 1 aromatic carbocycles. The van der Waals surface area contributed by atoms with Crippen molar-refractivity contribution < 1.29 is 18.4 Å². The highest BCUT2D eigenvalue weighted by Gasteiger charge is 2.29. The van der Waals surface area contributed by atoms with Crippen molar-refractivity contribution >= 4 is 51.9 Å². The van der Waals surface area contributed by atoms with Crippen molar-refractivity contribution in [3.05, 3.63) is 64.9 Å². The van der Waals surface area contributed by atoms with Gasteiger partial charge in [0, 0.05) is 36.2 Å². The maximum Gasteiger partial charge on any atom is 0.242 e. The number of hydrogen-bond acceptors (Lipinski definition) is 6. The lowest BCUT2D eigenvalue weighted by molar-refractivity contribution is -0.125. The summed E-state index contributed by atoms with van der Waals surface area (Å²) in [4.78, 5) is 28.5. The van der Waals surface area contributed by atoms with Crippen LogP contribution in [0.4, 0.5) is 26.2 Å². The number of benzene rings is 1. The molecule has 0 spiro atoms. The lowest BCUT2D eigenvalue weighted by atomic mass is 10.1. The average Bonchev–Trinajstić information content (AvgIpc) is 3.45. The van der Waals surface area contributed by atoms with E-state index in [1.165, 1.54) is 18.2 Å². The van der Waals surface area contributed by atoms with Crippen molar-refractivity contribution in [3.8, 4) is 0 Å². The van der Waals surface area contributed by atoms with E-state index in [0.717, 1.165) is 24.1 Å². The van der Waals surface area contributed by atoms with E-state index >= 15 is 4.39 Å². The minimum atomic E-state index is -0.739. The number of alkyl halides is 1. The van der Waals surface area contributed by atoms with Gasteiger partial charge in [-0.25, -0.2) is 13.8 Å².